The molecule has 0 atom stereocenters. The van der Waals surface area contributed by atoms with Crippen molar-refractivity contribution in [2.75, 3.05) is 31.9 Å². The van der Waals surface area contributed by atoms with Gasteiger partial charge >= 0.3 is 0 Å². The highest BCUT2D eigenvalue weighted by molar-refractivity contribution is 5.93. The second-order valence-electron chi connectivity index (χ2n) is 5.35. The highest BCUT2D eigenvalue weighted by Gasteiger charge is 2.23. The van der Waals surface area contributed by atoms with E-state index in [-0.39, 0.29) is 5.91 Å². The van der Waals surface area contributed by atoms with Gasteiger partial charge in [-0.3, -0.25) is 9.69 Å². The first-order valence-electron chi connectivity index (χ1n) is 6.99. The van der Waals surface area contributed by atoms with Crippen molar-refractivity contribution in [3.63, 3.8) is 0 Å². The summed E-state index contributed by atoms with van der Waals surface area (Å²) in [6.45, 7) is 5.68. The standard InChI is InChI=1S/C14H19N5O2/c1-10-6-12(21-17-10)9-18-2-4-19(5-3-18)14(20)13-7-11(15)8-16-13/h6-8,16H,2-5,9,15H2,1H3. The van der Waals surface area contributed by atoms with Crippen LogP contribution in [0.3, 0.4) is 0 Å². The second-order valence-corrected chi connectivity index (χ2v) is 5.35. The molecule has 0 aromatic carbocycles. The number of amides is 1. The van der Waals surface area contributed by atoms with E-state index in [1.807, 2.05) is 17.9 Å². The zero-order valence-electron chi connectivity index (χ0n) is 12.0. The van der Waals surface area contributed by atoms with E-state index in [1.54, 1.807) is 12.3 Å². The van der Waals surface area contributed by atoms with E-state index in [2.05, 4.69) is 15.0 Å². The number of carbonyl (C=O) groups excluding carboxylic acids is 1. The number of nitrogens with zero attached hydrogens (tertiary/aromatic N) is 3. The first-order chi connectivity index (χ1) is 10.1. The molecular formula is C14H19N5O2. The number of aromatic amines is 1. The maximum Gasteiger partial charge on any atom is 0.270 e. The molecule has 1 fully saturated rings. The minimum Gasteiger partial charge on any atom is -0.397 e. The number of aryl methyl sites for hydroxylation is 1. The summed E-state index contributed by atoms with van der Waals surface area (Å²) >= 11 is 0. The quantitative estimate of drug-likeness (QED) is 0.874. The number of nitrogens with one attached hydrogen (secondary N) is 1. The summed E-state index contributed by atoms with van der Waals surface area (Å²) in [6, 6.07) is 3.62. The van der Waals surface area contributed by atoms with E-state index in [0.717, 1.165) is 31.1 Å². The van der Waals surface area contributed by atoms with Crippen molar-refractivity contribution in [2.45, 2.75) is 13.5 Å². The van der Waals surface area contributed by atoms with Gasteiger partial charge in [0.25, 0.3) is 5.91 Å². The van der Waals surface area contributed by atoms with Crippen molar-refractivity contribution in [1.82, 2.24) is 19.9 Å². The first-order valence-corrected chi connectivity index (χ1v) is 6.99. The molecule has 112 valence electrons. The van der Waals surface area contributed by atoms with Crippen LogP contribution in [0.25, 0.3) is 0 Å². The fourth-order valence-electron chi connectivity index (χ4n) is 2.53. The minimum atomic E-state index is 0.00172. The summed E-state index contributed by atoms with van der Waals surface area (Å²) < 4.78 is 5.22. The zero-order valence-corrected chi connectivity index (χ0v) is 12.0. The second kappa shape index (κ2) is 5.61. The summed E-state index contributed by atoms with van der Waals surface area (Å²) in [5.74, 6) is 0.867. The molecule has 0 unspecified atom stereocenters. The largest absolute Gasteiger partial charge is 0.397 e. The van der Waals surface area contributed by atoms with E-state index in [0.29, 0.717) is 24.5 Å². The molecule has 0 bridgehead atoms. The molecule has 0 saturated carbocycles. The summed E-state index contributed by atoms with van der Waals surface area (Å²) in [6.07, 6.45) is 1.63. The number of nitrogen functional groups attached to an aromatic ring is 1. The Balaban J connectivity index is 1.54. The van der Waals surface area contributed by atoms with Crippen LogP contribution in [0.4, 0.5) is 5.69 Å². The highest BCUT2D eigenvalue weighted by Crippen LogP contribution is 2.13. The van der Waals surface area contributed by atoms with Crippen molar-refractivity contribution < 1.29 is 9.32 Å². The van der Waals surface area contributed by atoms with Crippen LogP contribution in [0, 0.1) is 6.92 Å². The molecular weight excluding hydrogens is 270 g/mol. The molecule has 1 aliphatic rings. The van der Waals surface area contributed by atoms with Crippen LogP contribution >= 0.6 is 0 Å². The van der Waals surface area contributed by atoms with E-state index in [4.69, 9.17) is 10.3 Å². The Hall–Kier alpha value is -2.28. The molecule has 0 spiro atoms. The van der Waals surface area contributed by atoms with Gasteiger partial charge in [-0.05, 0) is 13.0 Å². The lowest BCUT2D eigenvalue weighted by Crippen LogP contribution is -2.48. The van der Waals surface area contributed by atoms with Crippen LogP contribution in [-0.4, -0.2) is 52.0 Å². The first kappa shape index (κ1) is 13.7. The van der Waals surface area contributed by atoms with E-state index in [9.17, 15) is 4.79 Å². The van der Waals surface area contributed by atoms with Crippen LogP contribution < -0.4 is 5.73 Å². The molecule has 21 heavy (non-hydrogen) atoms. The third-order valence-electron chi connectivity index (χ3n) is 3.65. The maximum atomic E-state index is 12.3. The van der Waals surface area contributed by atoms with Gasteiger partial charge in [0, 0.05) is 44.1 Å². The van der Waals surface area contributed by atoms with Crippen LogP contribution in [0.5, 0.6) is 0 Å². The number of H-pyrrole nitrogens is 1. The minimum absolute atomic E-state index is 0.00172. The van der Waals surface area contributed by atoms with Gasteiger partial charge in [0.15, 0.2) is 5.76 Å². The molecule has 1 aliphatic heterocycles. The summed E-state index contributed by atoms with van der Waals surface area (Å²) in [4.78, 5) is 19.3. The molecule has 2 aromatic heterocycles. The predicted octanol–water partition coefficient (Wildman–Crippen LogP) is 0.851. The fraction of sp³-hybridized carbons (Fsp3) is 0.429. The Bertz CT molecular complexity index is 625. The molecule has 7 nitrogen and oxygen atoms in total. The van der Waals surface area contributed by atoms with Gasteiger partial charge in [-0.25, -0.2) is 0 Å². The number of aromatic nitrogens is 2. The molecule has 3 heterocycles. The van der Waals surface area contributed by atoms with E-state index >= 15 is 0 Å². The number of piperazine rings is 1. The van der Waals surface area contributed by atoms with Crippen LogP contribution in [0.1, 0.15) is 21.9 Å². The Morgan fingerprint density at radius 3 is 2.71 bits per heavy atom. The lowest BCUT2D eigenvalue weighted by molar-refractivity contribution is 0.0612. The van der Waals surface area contributed by atoms with Crippen LogP contribution in [0.15, 0.2) is 22.9 Å². The van der Waals surface area contributed by atoms with Crippen molar-refractivity contribution in [1.29, 1.82) is 0 Å². The molecule has 0 radical (unpaired) electrons. The summed E-state index contributed by atoms with van der Waals surface area (Å²) in [7, 11) is 0. The van der Waals surface area contributed by atoms with Gasteiger partial charge in [-0.15, -0.1) is 0 Å². The third-order valence-corrected chi connectivity index (χ3v) is 3.65. The zero-order chi connectivity index (χ0) is 14.8. The Morgan fingerprint density at radius 1 is 1.38 bits per heavy atom. The van der Waals surface area contributed by atoms with Gasteiger partial charge in [-0.2, -0.15) is 0 Å². The van der Waals surface area contributed by atoms with Gasteiger partial charge < -0.3 is 20.1 Å². The average Bonchev–Trinajstić information content (AvgIpc) is 3.08. The highest BCUT2D eigenvalue weighted by atomic mass is 16.5. The Labute approximate surface area is 122 Å². The van der Waals surface area contributed by atoms with Gasteiger partial charge in [0.2, 0.25) is 0 Å². The maximum absolute atomic E-state index is 12.3. The number of carbonyl (C=O) groups is 1. The molecule has 1 saturated heterocycles. The number of hydrogen-bond acceptors (Lipinski definition) is 5. The fourth-order valence-corrected chi connectivity index (χ4v) is 2.53. The lowest BCUT2D eigenvalue weighted by atomic mass is 10.2. The number of hydrogen-bond donors (Lipinski definition) is 2. The topological polar surface area (TPSA) is 91.4 Å². The van der Waals surface area contributed by atoms with E-state index in [1.165, 1.54) is 0 Å². The lowest BCUT2D eigenvalue weighted by Gasteiger charge is -2.33. The Morgan fingerprint density at radius 2 is 2.14 bits per heavy atom. The molecule has 2 aromatic rings. The van der Waals surface area contributed by atoms with Crippen molar-refractivity contribution in [2.24, 2.45) is 0 Å². The summed E-state index contributed by atoms with van der Waals surface area (Å²) in [5.41, 5.74) is 7.65. The Kier molecular flexibility index (Phi) is 3.66. The molecule has 0 aliphatic carbocycles. The monoisotopic (exact) mass is 289 g/mol. The molecule has 7 heteroatoms. The average molecular weight is 289 g/mol. The van der Waals surface area contributed by atoms with Gasteiger partial charge in [-0.1, -0.05) is 5.16 Å². The number of nitrogens with two attached hydrogens (primary N) is 1. The molecule has 1 amide bonds. The summed E-state index contributed by atoms with van der Waals surface area (Å²) in [5, 5.41) is 3.89. The van der Waals surface area contributed by atoms with Gasteiger partial charge in [0.1, 0.15) is 5.69 Å². The van der Waals surface area contributed by atoms with Crippen molar-refractivity contribution >= 4 is 11.6 Å². The van der Waals surface area contributed by atoms with Crippen molar-refractivity contribution in [3.05, 3.63) is 35.5 Å². The SMILES string of the molecule is Cc1cc(CN2CCN(C(=O)c3cc(N)c[nH]3)CC2)on1. The van der Waals surface area contributed by atoms with Crippen LogP contribution in [0.2, 0.25) is 0 Å². The normalized spacial score (nSPS) is 16.3. The van der Waals surface area contributed by atoms with Gasteiger partial charge in [0.05, 0.1) is 12.2 Å². The number of anilines is 1. The van der Waals surface area contributed by atoms with Crippen LogP contribution in [-0.2, 0) is 6.54 Å². The number of rotatable bonds is 3. The molecule has 3 rings (SSSR count). The van der Waals surface area contributed by atoms with Crippen molar-refractivity contribution in [3.8, 4) is 0 Å². The third kappa shape index (κ3) is 3.08. The predicted molar refractivity (Wildman–Crippen MR) is 77.6 cm³/mol. The van der Waals surface area contributed by atoms with E-state index < -0.39 is 0 Å². The smallest absolute Gasteiger partial charge is 0.270 e. The molecule has 3 N–H and O–H groups in total.